The van der Waals surface area contributed by atoms with Crippen LogP contribution in [0.15, 0.2) is 42.6 Å². The van der Waals surface area contributed by atoms with Crippen molar-refractivity contribution in [3.05, 3.63) is 75.2 Å². The Labute approximate surface area is 177 Å². The largest absolute Gasteiger partial charge is 0.481 e. The molecule has 0 spiro atoms. The number of hydrogen-bond donors (Lipinski definition) is 2. The zero-order valence-electron chi connectivity index (χ0n) is 15.7. The Morgan fingerprint density at radius 3 is 2.41 bits per heavy atom. The fraction of sp³-hybridized carbons (Fsp3) is 0.143. The second-order valence-corrected chi connectivity index (χ2v) is 7.36. The Hall–Kier alpha value is -2.96. The van der Waals surface area contributed by atoms with E-state index >= 15 is 0 Å². The fourth-order valence-corrected chi connectivity index (χ4v) is 3.39. The molecule has 8 heteroatoms. The van der Waals surface area contributed by atoms with Gasteiger partial charge >= 0.3 is 5.97 Å². The summed E-state index contributed by atoms with van der Waals surface area (Å²) < 4.78 is 0. The molecule has 1 heterocycles. The summed E-state index contributed by atoms with van der Waals surface area (Å²) in [5, 5.41) is 12.7. The number of aliphatic carboxylic acids is 1. The van der Waals surface area contributed by atoms with Crippen molar-refractivity contribution in [2.24, 2.45) is 0 Å². The first-order chi connectivity index (χ1) is 13.7. The Morgan fingerprint density at radius 1 is 1.07 bits per heavy atom. The smallest absolute Gasteiger partial charge is 0.307 e. The number of benzene rings is 2. The van der Waals surface area contributed by atoms with Crippen LogP contribution in [-0.2, 0) is 11.2 Å². The third-order valence-corrected chi connectivity index (χ3v) is 4.81. The second kappa shape index (κ2) is 8.59. The average molecular weight is 430 g/mol. The van der Waals surface area contributed by atoms with Crippen LogP contribution in [0.5, 0.6) is 0 Å². The number of nitrogens with one attached hydrogen (secondary N) is 1. The predicted molar refractivity (Wildman–Crippen MR) is 113 cm³/mol. The van der Waals surface area contributed by atoms with Crippen molar-refractivity contribution in [2.75, 3.05) is 5.32 Å². The maximum atomic E-state index is 12.7. The highest BCUT2D eigenvalue weighted by atomic mass is 35.5. The van der Waals surface area contributed by atoms with Gasteiger partial charge in [-0.25, -0.2) is 9.97 Å². The molecule has 0 atom stereocenters. The van der Waals surface area contributed by atoms with Crippen LogP contribution in [0.3, 0.4) is 0 Å². The van der Waals surface area contributed by atoms with Crippen molar-refractivity contribution in [2.45, 2.75) is 20.3 Å². The Kier molecular flexibility index (Phi) is 6.15. The number of carbonyl (C=O) groups excluding carboxylic acids is 1. The molecule has 3 aromatic rings. The van der Waals surface area contributed by atoms with Crippen molar-refractivity contribution in [3.63, 3.8) is 0 Å². The highest BCUT2D eigenvalue weighted by molar-refractivity contribution is 6.35. The molecule has 0 aliphatic carbocycles. The van der Waals surface area contributed by atoms with Gasteiger partial charge < -0.3 is 10.4 Å². The lowest BCUT2D eigenvalue weighted by atomic mass is 10.0. The number of aryl methyl sites for hydroxylation is 2. The summed E-state index contributed by atoms with van der Waals surface area (Å²) in [5.41, 5.74) is 3.84. The van der Waals surface area contributed by atoms with Gasteiger partial charge in [0.15, 0.2) is 0 Å². The molecule has 0 saturated heterocycles. The SMILES string of the molecule is Cc1cc(CC(=O)O)cc(C)c1NC(=O)c1nccc(-c2cc(Cl)ccc2Cl)n1. The predicted octanol–water partition coefficient (Wildman–Crippen LogP) is 4.95. The molecular weight excluding hydrogens is 413 g/mol. The summed E-state index contributed by atoms with van der Waals surface area (Å²) in [6.45, 7) is 3.61. The van der Waals surface area contributed by atoms with E-state index in [0.29, 0.717) is 32.6 Å². The van der Waals surface area contributed by atoms with E-state index in [4.69, 9.17) is 28.3 Å². The zero-order chi connectivity index (χ0) is 21.1. The number of halogens is 2. The lowest BCUT2D eigenvalue weighted by Gasteiger charge is -2.13. The molecule has 2 N–H and O–H groups in total. The molecule has 0 aliphatic rings. The number of nitrogens with zero attached hydrogens (tertiary/aromatic N) is 2. The quantitative estimate of drug-likeness (QED) is 0.598. The molecule has 2 aromatic carbocycles. The molecule has 3 rings (SSSR count). The topological polar surface area (TPSA) is 92.2 Å². The number of amides is 1. The molecule has 148 valence electrons. The van der Waals surface area contributed by atoms with Gasteiger partial charge in [-0.1, -0.05) is 35.3 Å². The summed E-state index contributed by atoms with van der Waals surface area (Å²) in [7, 11) is 0. The van der Waals surface area contributed by atoms with E-state index in [1.807, 2.05) is 0 Å². The van der Waals surface area contributed by atoms with Crippen LogP contribution in [0.2, 0.25) is 10.0 Å². The van der Waals surface area contributed by atoms with Crippen LogP contribution < -0.4 is 5.32 Å². The fourth-order valence-electron chi connectivity index (χ4n) is 3.01. The molecule has 29 heavy (non-hydrogen) atoms. The molecule has 6 nitrogen and oxygen atoms in total. The first-order valence-electron chi connectivity index (χ1n) is 8.66. The lowest BCUT2D eigenvalue weighted by molar-refractivity contribution is -0.136. The molecule has 1 aromatic heterocycles. The van der Waals surface area contributed by atoms with Crippen molar-refractivity contribution >= 4 is 40.8 Å². The Bertz CT molecular complexity index is 1090. The summed E-state index contributed by atoms with van der Waals surface area (Å²) in [5.74, 6) is -1.42. The molecule has 0 bridgehead atoms. The standard InChI is InChI=1S/C21H17Cl2N3O3/c1-11-7-13(9-18(27)28)8-12(2)19(11)26-21(29)20-24-6-5-17(25-20)15-10-14(22)3-4-16(15)23/h3-8,10H,9H2,1-2H3,(H,26,29)(H,27,28). The van der Waals surface area contributed by atoms with Crippen molar-refractivity contribution < 1.29 is 14.7 Å². The summed E-state index contributed by atoms with van der Waals surface area (Å²) in [6.07, 6.45) is 1.39. The molecule has 0 saturated carbocycles. The van der Waals surface area contributed by atoms with Gasteiger partial charge in [0.2, 0.25) is 5.82 Å². The van der Waals surface area contributed by atoms with Gasteiger partial charge in [-0.15, -0.1) is 0 Å². The zero-order valence-corrected chi connectivity index (χ0v) is 17.2. The molecule has 1 amide bonds. The number of carboxylic acid groups (broad SMARTS) is 1. The highest BCUT2D eigenvalue weighted by Crippen LogP contribution is 2.29. The van der Waals surface area contributed by atoms with Crippen LogP contribution in [0.1, 0.15) is 27.3 Å². The van der Waals surface area contributed by atoms with Crippen LogP contribution in [0, 0.1) is 13.8 Å². The highest BCUT2D eigenvalue weighted by Gasteiger charge is 2.16. The van der Waals surface area contributed by atoms with Gasteiger partial charge in [-0.3, -0.25) is 9.59 Å². The maximum Gasteiger partial charge on any atom is 0.307 e. The third kappa shape index (κ3) is 4.91. The van der Waals surface area contributed by atoms with E-state index < -0.39 is 11.9 Å². The maximum absolute atomic E-state index is 12.7. The van der Waals surface area contributed by atoms with Gasteiger partial charge in [0.1, 0.15) is 0 Å². The first-order valence-corrected chi connectivity index (χ1v) is 9.42. The van der Waals surface area contributed by atoms with Gasteiger partial charge in [0.25, 0.3) is 5.91 Å². The van der Waals surface area contributed by atoms with Gasteiger partial charge in [-0.2, -0.15) is 0 Å². The van der Waals surface area contributed by atoms with Crippen LogP contribution in [0.4, 0.5) is 5.69 Å². The van der Waals surface area contributed by atoms with E-state index in [1.165, 1.54) is 6.20 Å². The van der Waals surface area contributed by atoms with Gasteiger partial charge in [-0.05, 0) is 54.8 Å². The monoisotopic (exact) mass is 429 g/mol. The Morgan fingerprint density at radius 2 is 1.76 bits per heavy atom. The lowest BCUT2D eigenvalue weighted by Crippen LogP contribution is -2.17. The van der Waals surface area contributed by atoms with Crippen molar-refractivity contribution in [3.8, 4) is 11.3 Å². The van der Waals surface area contributed by atoms with Crippen molar-refractivity contribution in [1.82, 2.24) is 9.97 Å². The van der Waals surface area contributed by atoms with E-state index in [9.17, 15) is 9.59 Å². The minimum Gasteiger partial charge on any atom is -0.481 e. The van der Waals surface area contributed by atoms with Crippen LogP contribution in [-0.4, -0.2) is 27.0 Å². The van der Waals surface area contributed by atoms with Crippen LogP contribution >= 0.6 is 23.2 Å². The van der Waals surface area contributed by atoms with Crippen molar-refractivity contribution in [1.29, 1.82) is 0 Å². The summed E-state index contributed by atoms with van der Waals surface area (Å²) >= 11 is 12.3. The van der Waals surface area contributed by atoms with E-state index in [-0.39, 0.29) is 12.2 Å². The van der Waals surface area contributed by atoms with Gasteiger partial charge in [0.05, 0.1) is 17.1 Å². The minimum atomic E-state index is -0.912. The normalized spacial score (nSPS) is 10.6. The molecule has 0 radical (unpaired) electrons. The molecule has 0 fully saturated rings. The molecular formula is C21H17Cl2N3O3. The Balaban J connectivity index is 1.89. The number of aromatic nitrogens is 2. The van der Waals surface area contributed by atoms with Gasteiger partial charge in [0, 0.05) is 22.5 Å². The number of anilines is 1. The van der Waals surface area contributed by atoms with E-state index in [0.717, 1.165) is 11.1 Å². The third-order valence-electron chi connectivity index (χ3n) is 4.25. The number of rotatable bonds is 5. The second-order valence-electron chi connectivity index (χ2n) is 6.52. The summed E-state index contributed by atoms with van der Waals surface area (Å²) in [4.78, 5) is 32.0. The average Bonchev–Trinajstić information content (AvgIpc) is 2.66. The number of carbonyl (C=O) groups is 2. The summed E-state index contributed by atoms with van der Waals surface area (Å²) in [6, 6.07) is 10.1. The van der Waals surface area contributed by atoms with E-state index in [1.54, 1.807) is 50.2 Å². The number of hydrogen-bond acceptors (Lipinski definition) is 4. The molecule has 0 aliphatic heterocycles. The number of carboxylic acids is 1. The van der Waals surface area contributed by atoms with E-state index in [2.05, 4.69) is 15.3 Å². The minimum absolute atomic E-state index is 0.0213. The molecule has 0 unspecified atom stereocenters. The van der Waals surface area contributed by atoms with Crippen LogP contribution in [0.25, 0.3) is 11.3 Å². The first kappa shape index (κ1) is 20.8.